The van der Waals surface area contributed by atoms with E-state index in [-0.39, 0.29) is 29.6 Å². The number of hydrogen-bond acceptors (Lipinski definition) is 7. The summed E-state index contributed by atoms with van der Waals surface area (Å²) < 4.78 is 68.6. The molecular weight excluding hydrogens is 590 g/mol. The van der Waals surface area contributed by atoms with Gasteiger partial charge in [-0.05, 0) is 12.0 Å². The van der Waals surface area contributed by atoms with Crippen molar-refractivity contribution < 1.29 is 26.7 Å². The van der Waals surface area contributed by atoms with Gasteiger partial charge in [0.05, 0.1) is 46.6 Å². The lowest BCUT2D eigenvalue weighted by Crippen LogP contribution is -2.57. The van der Waals surface area contributed by atoms with E-state index in [0.29, 0.717) is 12.4 Å². The Morgan fingerprint density at radius 3 is 2.49 bits per heavy atom. The van der Waals surface area contributed by atoms with E-state index in [9.17, 15) is 26.7 Å². The molecule has 0 bridgehead atoms. The lowest BCUT2D eigenvalue weighted by molar-refractivity contribution is -0.138. The van der Waals surface area contributed by atoms with Crippen LogP contribution in [0.5, 0.6) is 0 Å². The smallest absolute Gasteiger partial charge is 0.352 e. The monoisotopic (exact) mass is 608 g/mol. The molecular formula is C20H18F5IN8O. The zero-order chi connectivity index (χ0) is 25.4. The van der Waals surface area contributed by atoms with Crippen LogP contribution < -0.4 is 5.32 Å². The van der Waals surface area contributed by atoms with Crippen LogP contribution in [-0.4, -0.2) is 63.8 Å². The number of likely N-dealkylation sites (tertiary alicyclic amines) is 1. The van der Waals surface area contributed by atoms with Crippen molar-refractivity contribution in [3.63, 3.8) is 0 Å². The molecule has 2 unspecified atom stereocenters. The maximum absolute atomic E-state index is 14.5. The van der Waals surface area contributed by atoms with Crippen LogP contribution in [0.15, 0.2) is 37.1 Å². The van der Waals surface area contributed by atoms with Crippen LogP contribution in [0.3, 0.4) is 0 Å². The molecule has 15 heteroatoms. The van der Waals surface area contributed by atoms with E-state index >= 15 is 0 Å². The summed E-state index contributed by atoms with van der Waals surface area (Å²) in [6.07, 6.45) is 0.660. The van der Waals surface area contributed by atoms with Crippen LogP contribution in [-0.2, 0) is 6.18 Å². The van der Waals surface area contributed by atoms with Crippen LogP contribution in [0.1, 0.15) is 29.4 Å². The van der Waals surface area contributed by atoms with Crippen LogP contribution in [0.2, 0.25) is 0 Å². The SMILES string of the molecule is CC1CC(F)(F)CN(C(=O)c2nn(I)cc2-c2ncccn2)C1CNc1ncc(C(F)(F)F)cn1. The van der Waals surface area contributed by atoms with E-state index in [1.54, 1.807) is 13.0 Å². The van der Waals surface area contributed by atoms with E-state index in [1.165, 1.54) is 21.5 Å². The second kappa shape index (κ2) is 9.58. The summed E-state index contributed by atoms with van der Waals surface area (Å²) in [5, 5.41) is 6.91. The number of amides is 1. The number of halogens is 6. The number of aromatic nitrogens is 6. The first-order chi connectivity index (χ1) is 16.4. The van der Waals surface area contributed by atoms with Crippen molar-refractivity contribution in [2.75, 3.05) is 18.4 Å². The third-order valence-corrected chi connectivity index (χ3v) is 5.98. The van der Waals surface area contributed by atoms with E-state index in [2.05, 4.69) is 30.4 Å². The van der Waals surface area contributed by atoms with E-state index < -0.39 is 48.5 Å². The van der Waals surface area contributed by atoms with Crippen molar-refractivity contribution in [3.05, 3.63) is 48.3 Å². The van der Waals surface area contributed by atoms with Gasteiger partial charge in [-0.3, -0.25) is 4.79 Å². The number of carbonyl (C=O) groups is 1. The Morgan fingerprint density at radius 1 is 1.20 bits per heavy atom. The van der Waals surface area contributed by atoms with Crippen LogP contribution >= 0.6 is 22.9 Å². The molecule has 4 heterocycles. The maximum atomic E-state index is 14.5. The summed E-state index contributed by atoms with van der Waals surface area (Å²) in [6, 6.07) is 0.856. The highest BCUT2D eigenvalue weighted by atomic mass is 127. The molecule has 3 aromatic heterocycles. The molecule has 3 aromatic rings. The van der Waals surface area contributed by atoms with Crippen LogP contribution in [0.4, 0.5) is 27.9 Å². The van der Waals surface area contributed by atoms with Gasteiger partial charge in [0.1, 0.15) is 0 Å². The molecule has 1 amide bonds. The predicted molar refractivity (Wildman–Crippen MR) is 122 cm³/mol. The molecule has 0 aromatic carbocycles. The Hall–Kier alpha value is -2.98. The summed E-state index contributed by atoms with van der Waals surface area (Å²) in [5.41, 5.74) is -0.828. The minimum Gasteiger partial charge on any atom is -0.352 e. The summed E-state index contributed by atoms with van der Waals surface area (Å²) in [4.78, 5) is 30.0. The Labute approximate surface area is 209 Å². The van der Waals surface area contributed by atoms with Gasteiger partial charge in [-0.2, -0.15) is 18.3 Å². The average molecular weight is 608 g/mol. The second-order valence-corrected chi connectivity index (χ2v) is 9.05. The molecule has 0 radical (unpaired) electrons. The molecule has 1 fully saturated rings. The highest BCUT2D eigenvalue weighted by Crippen LogP contribution is 2.36. The number of anilines is 1. The summed E-state index contributed by atoms with van der Waals surface area (Å²) in [6.45, 7) is 0.668. The fourth-order valence-corrected chi connectivity index (χ4v) is 4.38. The minimum atomic E-state index is -4.59. The first-order valence-electron chi connectivity index (χ1n) is 10.3. The fraction of sp³-hybridized carbons (Fsp3) is 0.400. The van der Waals surface area contributed by atoms with Gasteiger partial charge in [-0.15, -0.1) is 0 Å². The molecule has 0 aliphatic carbocycles. The minimum absolute atomic E-state index is 0.0591. The molecule has 0 saturated carbocycles. The standard InChI is InChI=1S/C20H18F5IN8O/c1-11-5-19(21,22)10-33(14(11)8-31-18-29-6-12(7-30-18)20(23,24)25)17(35)15-13(9-34(26)32-15)16-27-3-2-4-28-16/h2-4,6-7,9,11,14H,5,8,10H2,1H3,(H,29,30,31). The molecule has 9 nitrogen and oxygen atoms in total. The largest absolute Gasteiger partial charge is 0.419 e. The van der Waals surface area contributed by atoms with Crippen molar-refractivity contribution >= 4 is 34.7 Å². The molecule has 2 atom stereocenters. The van der Waals surface area contributed by atoms with Gasteiger partial charge >= 0.3 is 6.18 Å². The first kappa shape index (κ1) is 25.1. The third kappa shape index (κ3) is 5.65. The Morgan fingerprint density at radius 2 is 1.86 bits per heavy atom. The zero-order valence-corrected chi connectivity index (χ0v) is 20.2. The maximum Gasteiger partial charge on any atom is 0.419 e. The lowest BCUT2D eigenvalue weighted by Gasteiger charge is -2.43. The lowest BCUT2D eigenvalue weighted by atomic mass is 9.88. The number of piperidine rings is 1. The molecule has 35 heavy (non-hydrogen) atoms. The van der Waals surface area contributed by atoms with Gasteiger partial charge in [-0.25, -0.2) is 31.6 Å². The van der Waals surface area contributed by atoms with E-state index in [0.717, 1.165) is 4.90 Å². The predicted octanol–water partition coefficient (Wildman–Crippen LogP) is 3.95. The highest BCUT2D eigenvalue weighted by Gasteiger charge is 2.47. The molecule has 1 saturated heterocycles. The summed E-state index contributed by atoms with van der Waals surface area (Å²) >= 11 is 1.83. The molecule has 186 valence electrons. The second-order valence-electron chi connectivity index (χ2n) is 8.06. The van der Waals surface area contributed by atoms with Gasteiger partial charge in [0.2, 0.25) is 5.95 Å². The number of hydrogen-bond donors (Lipinski definition) is 1. The molecule has 0 spiro atoms. The number of alkyl halides is 5. The summed E-state index contributed by atoms with van der Waals surface area (Å²) in [5.74, 6) is -4.43. The fourth-order valence-electron chi connectivity index (χ4n) is 3.88. The summed E-state index contributed by atoms with van der Waals surface area (Å²) in [7, 11) is 0. The van der Waals surface area contributed by atoms with Crippen LogP contribution in [0.25, 0.3) is 11.4 Å². The third-order valence-electron chi connectivity index (χ3n) is 5.48. The van der Waals surface area contributed by atoms with Crippen molar-refractivity contribution in [2.45, 2.75) is 31.5 Å². The Bertz CT molecular complexity index is 1190. The van der Waals surface area contributed by atoms with Gasteiger partial charge in [-0.1, -0.05) is 6.92 Å². The molecule has 1 N–H and O–H groups in total. The highest BCUT2D eigenvalue weighted by molar-refractivity contribution is 14.1. The van der Waals surface area contributed by atoms with Gasteiger partial charge in [0, 0.05) is 43.9 Å². The first-order valence-corrected chi connectivity index (χ1v) is 11.3. The molecule has 4 rings (SSSR count). The number of nitrogens with zero attached hydrogens (tertiary/aromatic N) is 7. The van der Waals surface area contributed by atoms with Gasteiger partial charge in [0.15, 0.2) is 11.5 Å². The quantitative estimate of drug-likeness (QED) is 0.346. The van der Waals surface area contributed by atoms with Crippen molar-refractivity contribution in [3.8, 4) is 11.4 Å². The number of rotatable bonds is 5. The van der Waals surface area contributed by atoms with E-state index in [4.69, 9.17) is 0 Å². The van der Waals surface area contributed by atoms with Crippen LogP contribution in [0, 0.1) is 5.92 Å². The topological polar surface area (TPSA) is 102 Å². The number of carbonyl (C=O) groups excluding carboxylic acids is 1. The van der Waals surface area contributed by atoms with Crippen molar-refractivity contribution in [1.82, 2.24) is 32.8 Å². The van der Waals surface area contributed by atoms with Gasteiger partial charge in [0.25, 0.3) is 11.8 Å². The number of nitrogens with one attached hydrogen (secondary N) is 1. The average Bonchev–Trinajstić information content (AvgIpc) is 3.19. The van der Waals surface area contributed by atoms with Gasteiger partial charge < -0.3 is 10.2 Å². The van der Waals surface area contributed by atoms with Crippen molar-refractivity contribution in [1.29, 1.82) is 0 Å². The van der Waals surface area contributed by atoms with Crippen molar-refractivity contribution in [2.24, 2.45) is 5.92 Å². The normalized spacial score (nSPS) is 20.0. The molecule has 1 aliphatic heterocycles. The zero-order valence-electron chi connectivity index (χ0n) is 18.0. The Balaban J connectivity index is 1.60. The Kier molecular flexibility index (Phi) is 6.88. The molecule has 1 aliphatic rings. The van der Waals surface area contributed by atoms with E-state index in [1.807, 2.05) is 22.9 Å².